The first kappa shape index (κ1) is 13.4. The number of pyridine rings is 1. The van der Waals surface area contributed by atoms with Gasteiger partial charge in [-0.25, -0.2) is 4.98 Å². The Morgan fingerprint density at radius 1 is 1.45 bits per heavy atom. The molecule has 4 nitrogen and oxygen atoms in total. The Morgan fingerprint density at radius 3 is 2.90 bits per heavy atom. The second-order valence-electron chi connectivity index (χ2n) is 6.01. The van der Waals surface area contributed by atoms with Gasteiger partial charge < -0.3 is 10.6 Å². The number of rotatable bonds is 6. The summed E-state index contributed by atoms with van der Waals surface area (Å²) in [4.78, 5) is 7.30. The second-order valence-corrected chi connectivity index (χ2v) is 6.01. The third-order valence-corrected chi connectivity index (χ3v) is 4.33. The smallest absolute Gasteiger partial charge is 0.140 e. The summed E-state index contributed by atoms with van der Waals surface area (Å²) >= 11 is 0. The number of aromatic nitrogens is 1. The highest BCUT2D eigenvalue weighted by Gasteiger charge is 2.32. The van der Waals surface area contributed by atoms with Gasteiger partial charge in [0.25, 0.3) is 0 Å². The number of hydrogen-bond donors (Lipinski definition) is 2. The molecule has 3 rings (SSSR count). The molecule has 0 bridgehead atoms. The Morgan fingerprint density at radius 2 is 2.25 bits per heavy atom. The van der Waals surface area contributed by atoms with Gasteiger partial charge in [-0.15, -0.1) is 0 Å². The predicted molar refractivity (Wildman–Crippen MR) is 82.6 cm³/mol. The van der Waals surface area contributed by atoms with Gasteiger partial charge in [0.15, 0.2) is 0 Å². The maximum Gasteiger partial charge on any atom is 0.140 e. The number of nitrogens with one attached hydrogen (secondary N) is 1. The van der Waals surface area contributed by atoms with Crippen molar-refractivity contribution in [2.45, 2.75) is 57.9 Å². The molecule has 1 heterocycles. The molecule has 1 aromatic rings. The SMILES string of the molecule is CCCCN(c1nc2c(cc1C(=N)N)CCC2)C1CC1. The van der Waals surface area contributed by atoms with Crippen LogP contribution in [0.15, 0.2) is 6.07 Å². The van der Waals surface area contributed by atoms with Crippen LogP contribution in [0, 0.1) is 5.41 Å². The van der Waals surface area contributed by atoms with Crippen LogP contribution in [0.3, 0.4) is 0 Å². The molecule has 1 fully saturated rings. The Hall–Kier alpha value is -1.58. The lowest BCUT2D eigenvalue weighted by molar-refractivity contribution is 0.702. The van der Waals surface area contributed by atoms with Crippen molar-refractivity contribution in [3.63, 3.8) is 0 Å². The van der Waals surface area contributed by atoms with Crippen molar-refractivity contribution < 1.29 is 0 Å². The van der Waals surface area contributed by atoms with Crippen LogP contribution in [0.2, 0.25) is 0 Å². The lowest BCUT2D eigenvalue weighted by atomic mass is 10.1. The molecule has 0 radical (unpaired) electrons. The molecule has 0 spiro atoms. The second kappa shape index (κ2) is 5.43. The molecule has 0 atom stereocenters. The quantitative estimate of drug-likeness (QED) is 0.618. The standard InChI is InChI=1S/C16H24N4/c1-2-3-9-20(12-7-8-12)16-13(15(17)18)10-11-5-4-6-14(11)19-16/h10,12H,2-9H2,1H3,(H3,17,18). The van der Waals surface area contributed by atoms with Crippen molar-refractivity contribution in [1.29, 1.82) is 5.41 Å². The fourth-order valence-electron chi connectivity index (χ4n) is 3.05. The lowest BCUT2D eigenvalue weighted by Gasteiger charge is -2.26. The van der Waals surface area contributed by atoms with Crippen molar-refractivity contribution in [1.82, 2.24) is 4.98 Å². The first-order valence-corrected chi connectivity index (χ1v) is 7.84. The molecule has 0 aromatic carbocycles. The first-order valence-electron chi connectivity index (χ1n) is 7.84. The van der Waals surface area contributed by atoms with E-state index in [0.29, 0.717) is 6.04 Å². The molecule has 108 valence electrons. The van der Waals surface area contributed by atoms with Gasteiger partial charge in [0.2, 0.25) is 0 Å². The number of fused-ring (bicyclic) bond motifs is 1. The Labute approximate surface area is 120 Å². The summed E-state index contributed by atoms with van der Waals surface area (Å²) in [6, 6.07) is 2.74. The summed E-state index contributed by atoms with van der Waals surface area (Å²) in [7, 11) is 0. The first-order chi connectivity index (χ1) is 9.70. The number of nitrogens with zero attached hydrogens (tertiary/aromatic N) is 2. The molecule has 1 saturated carbocycles. The van der Waals surface area contributed by atoms with Crippen molar-refractivity contribution in [3.8, 4) is 0 Å². The maximum atomic E-state index is 7.88. The summed E-state index contributed by atoms with van der Waals surface area (Å²) in [6.45, 7) is 3.25. The van der Waals surface area contributed by atoms with Gasteiger partial charge in [0.05, 0.1) is 5.56 Å². The van der Waals surface area contributed by atoms with Crippen molar-refractivity contribution >= 4 is 11.7 Å². The van der Waals surface area contributed by atoms with Crippen molar-refractivity contribution in [3.05, 3.63) is 22.9 Å². The van der Waals surface area contributed by atoms with E-state index in [0.717, 1.165) is 30.8 Å². The van der Waals surface area contributed by atoms with Gasteiger partial charge in [-0.1, -0.05) is 13.3 Å². The number of nitrogen functional groups attached to an aromatic ring is 1. The highest BCUT2D eigenvalue weighted by atomic mass is 15.2. The van der Waals surface area contributed by atoms with E-state index in [1.54, 1.807) is 0 Å². The average Bonchev–Trinajstić information content (AvgIpc) is 3.16. The number of nitrogens with two attached hydrogens (primary N) is 1. The fourth-order valence-corrected chi connectivity index (χ4v) is 3.05. The van der Waals surface area contributed by atoms with E-state index in [9.17, 15) is 0 Å². The van der Waals surface area contributed by atoms with Crippen LogP contribution < -0.4 is 10.6 Å². The molecule has 0 saturated heterocycles. The van der Waals surface area contributed by atoms with Crippen LogP contribution in [0.4, 0.5) is 5.82 Å². The zero-order valence-corrected chi connectivity index (χ0v) is 12.3. The number of aryl methyl sites for hydroxylation is 2. The van der Waals surface area contributed by atoms with Crippen LogP contribution >= 0.6 is 0 Å². The molecular weight excluding hydrogens is 248 g/mol. The minimum absolute atomic E-state index is 0.157. The highest BCUT2D eigenvalue weighted by molar-refractivity contribution is 6.00. The Kier molecular flexibility index (Phi) is 3.64. The van der Waals surface area contributed by atoms with Gasteiger partial charge in [0.1, 0.15) is 11.7 Å². The number of hydrogen-bond acceptors (Lipinski definition) is 3. The molecule has 0 unspecified atom stereocenters. The van der Waals surface area contributed by atoms with E-state index in [1.165, 1.54) is 43.4 Å². The van der Waals surface area contributed by atoms with E-state index in [-0.39, 0.29) is 5.84 Å². The van der Waals surface area contributed by atoms with Crippen molar-refractivity contribution in [2.24, 2.45) is 5.73 Å². The third-order valence-electron chi connectivity index (χ3n) is 4.33. The molecule has 1 aromatic heterocycles. The number of amidine groups is 1. The fraction of sp³-hybridized carbons (Fsp3) is 0.625. The summed E-state index contributed by atoms with van der Waals surface area (Å²) in [5, 5.41) is 7.88. The molecule has 0 amide bonds. The molecule has 4 heteroatoms. The van der Waals surface area contributed by atoms with Gasteiger partial charge in [0, 0.05) is 18.3 Å². The van der Waals surface area contributed by atoms with E-state index >= 15 is 0 Å². The molecular formula is C16H24N4. The summed E-state index contributed by atoms with van der Waals surface area (Å²) in [5.74, 6) is 1.12. The Bertz CT molecular complexity index is 519. The van der Waals surface area contributed by atoms with Crippen LogP contribution in [0.1, 0.15) is 55.8 Å². The molecule has 3 N–H and O–H groups in total. The van der Waals surface area contributed by atoms with Gasteiger partial charge in [-0.2, -0.15) is 0 Å². The van der Waals surface area contributed by atoms with E-state index in [4.69, 9.17) is 16.1 Å². The monoisotopic (exact) mass is 272 g/mol. The Balaban J connectivity index is 1.98. The van der Waals surface area contributed by atoms with Crippen LogP contribution in [-0.4, -0.2) is 23.4 Å². The van der Waals surface area contributed by atoms with E-state index in [2.05, 4.69) is 17.9 Å². The van der Waals surface area contributed by atoms with Crippen LogP contribution in [0.25, 0.3) is 0 Å². The molecule has 0 aliphatic heterocycles. The summed E-state index contributed by atoms with van der Waals surface area (Å²) in [5.41, 5.74) is 9.18. The molecule has 2 aliphatic rings. The van der Waals surface area contributed by atoms with E-state index in [1.807, 2.05) is 0 Å². The zero-order valence-electron chi connectivity index (χ0n) is 12.3. The van der Waals surface area contributed by atoms with Gasteiger partial charge in [-0.3, -0.25) is 5.41 Å². The normalized spacial score (nSPS) is 17.1. The minimum Gasteiger partial charge on any atom is -0.384 e. The van der Waals surface area contributed by atoms with Gasteiger partial charge >= 0.3 is 0 Å². The summed E-state index contributed by atoms with van der Waals surface area (Å²) < 4.78 is 0. The molecule has 20 heavy (non-hydrogen) atoms. The minimum atomic E-state index is 0.157. The zero-order chi connectivity index (χ0) is 14.1. The highest BCUT2D eigenvalue weighted by Crippen LogP contribution is 2.35. The topological polar surface area (TPSA) is 66.0 Å². The number of unbranched alkanes of at least 4 members (excludes halogenated alkanes) is 1. The maximum absolute atomic E-state index is 7.88. The van der Waals surface area contributed by atoms with Crippen molar-refractivity contribution in [2.75, 3.05) is 11.4 Å². The average molecular weight is 272 g/mol. The number of anilines is 1. The van der Waals surface area contributed by atoms with E-state index < -0.39 is 0 Å². The molecule has 2 aliphatic carbocycles. The predicted octanol–water partition coefficient (Wildman–Crippen LogP) is 2.62. The summed E-state index contributed by atoms with van der Waals surface area (Å²) in [6.07, 6.45) is 8.20. The largest absolute Gasteiger partial charge is 0.384 e. The van der Waals surface area contributed by atoms with Crippen LogP contribution in [0.5, 0.6) is 0 Å². The lowest BCUT2D eigenvalue weighted by Crippen LogP contribution is -2.31. The third kappa shape index (κ3) is 2.51. The van der Waals surface area contributed by atoms with Crippen LogP contribution in [-0.2, 0) is 12.8 Å². The van der Waals surface area contributed by atoms with Gasteiger partial charge in [-0.05, 0) is 50.2 Å².